The van der Waals surface area contributed by atoms with Crippen LogP contribution in [0.4, 0.5) is 5.69 Å². The van der Waals surface area contributed by atoms with Crippen LogP contribution in [0.2, 0.25) is 0 Å². The van der Waals surface area contributed by atoms with Crippen molar-refractivity contribution in [3.05, 3.63) is 76.8 Å². The molecule has 0 spiro atoms. The number of halogens is 1. The molecule has 0 aliphatic heterocycles. The topological polar surface area (TPSA) is 75.6 Å². The van der Waals surface area contributed by atoms with Crippen LogP contribution in [0.25, 0.3) is 10.8 Å². The number of fused-ring (bicyclic) bond motifs is 1. The van der Waals surface area contributed by atoms with E-state index in [4.69, 9.17) is 0 Å². The van der Waals surface area contributed by atoms with Gasteiger partial charge < -0.3 is 5.32 Å². The van der Waals surface area contributed by atoms with Crippen LogP contribution >= 0.6 is 15.9 Å². The zero-order valence-electron chi connectivity index (χ0n) is 13.1. The van der Waals surface area contributed by atoms with Gasteiger partial charge in [-0.15, -0.1) is 0 Å². The number of carbonyl (C=O) groups is 1. The number of anilines is 1. The van der Waals surface area contributed by atoms with Crippen molar-refractivity contribution in [3.63, 3.8) is 0 Å². The van der Waals surface area contributed by atoms with Crippen molar-refractivity contribution in [2.75, 3.05) is 5.32 Å². The molecule has 0 fully saturated rings. The Hall–Kier alpha value is -2.93. The number of nitrogens with one attached hydrogen (secondary N) is 2. The van der Waals surface area contributed by atoms with E-state index < -0.39 is 0 Å². The Morgan fingerprint density at radius 3 is 2.84 bits per heavy atom. The first kappa shape index (κ1) is 15.6. The first-order valence-electron chi connectivity index (χ1n) is 7.70. The molecule has 2 aromatic heterocycles. The van der Waals surface area contributed by atoms with Crippen LogP contribution in [0, 0.1) is 0 Å². The molecule has 124 valence electrons. The van der Waals surface area contributed by atoms with E-state index in [1.807, 2.05) is 24.4 Å². The van der Waals surface area contributed by atoms with Crippen molar-refractivity contribution >= 4 is 38.3 Å². The standard InChI is InChI=1S/C18H14BrN5O/c19-16-9-20-23-17(16)18(25)22-14-8-21-24(11-14)10-13-6-3-5-12-4-1-2-7-15(12)13/h1-9,11H,10H2,(H,20,23)(H,22,25). The molecule has 0 aliphatic carbocycles. The highest BCUT2D eigenvalue weighted by Crippen LogP contribution is 2.20. The number of amides is 1. The highest BCUT2D eigenvalue weighted by molar-refractivity contribution is 9.10. The fourth-order valence-electron chi connectivity index (χ4n) is 2.74. The molecule has 1 amide bonds. The van der Waals surface area contributed by atoms with Gasteiger partial charge in [0, 0.05) is 6.20 Å². The van der Waals surface area contributed by atoms with Gasteiger partial charge in [-0.05, 0) is 32.3 Å². The quantitative estimate of drug-likeness (QED) is 0.551. The smallest absolute Gasteiger partial charge is 0.274 e. The second kappa shape index (κ2) is 6.52. The fraction of sp³-hybridized carbons (Fsp3) is 0.0556. The molecular formula is C18H14BrN5O. The van der Waals surface area contributed by atoms with E-state index in [1.54, 1.807) is 17.1 Å². The van der Waals surface area contributed by atoms with Gasteiger partial charge in [-0.3, -0.25) is 14.6 Å². The summed E-state index contributed by atoms with van der Waals surface area (Å²) in [6, 6.07) is 14.5. The van der Waals surface area contributed by atoms with Crippen LogP contribution in [0.15, 0.2) is 65.5 Å². The predicted molar refractivity (Wildman–Crippen MR) is 99.5 cm³/mol. The second-order valence-electron chi connectivity index (χ2n) is 5.61. The molecule has 0 radical (unpaired) electrons. The Morgan fingerprint density at radius 1 is 1.16 bits per heavy atom. The Bertz CT molecular complexity index is 1050. The molecule has 2 aromatic carbocycles. The molecular weight excluding hydrogens is 382 g/mol. The van der Waals surface area contributed by atoms with Gasteiger partial charge >= 0.3 is 0 Å². The summed E-state index contributed by atoms with van der Waals surface area (Å²) in [5.74, 6) is -0.269. The predicted octanol–water partition coefficient (Wildman–Crippen LogP) is 3.82. The second-order valence-corrected chi connectivity index (χ2v) is 6.47. The van der Waals surface area contributed by atoms with Gasteiger partial charge in [0.25, 0.3) is 5.91 Å². The van der Waals surface area contributed by atoms with Crippen molar-refractivity contribution in [2.45, 2.75) is 6.54 Å². The summed E-state index contributed by atoms with van der Waals surface area (Å²) in [6.45, 7) is 0.630. The van der Waals surface area contributed by atoms with E-state index in [9.17, 15) is 4.79 Å². The number of rotatable bonds is 4. The maximum atomic E-state index is 12.2. The van der Waals surface area contributed by atoms with Gasteiger partial charge in [0.15, 0.2) is 0 Å². The zero-order chi connectivity index (χ0) is 17.2. The molecule has 0 bridgehead atoms. The van der Waals surface area contributed by atoms with E-state index in [-0.39, 0.29) is 5.91 Å². The van der Waals surface area contributed by atoms with E-state index in [2.05, 4.69) is 60.8 Å². The molecule has 0 saturated carbocycles. The average Bonchev–Trinajstić information content (AvgIpc) is 3.24. The largest absolute Gasteiger partial charge is 0.318 e. The number of H-pyrrole nitrogens is 1. The Balaban J connectivity index is 1.53. The first-order chi connectivity index (χ1) is 12.2. The van der Waals surface area contributed by atoms with Crippen molar-refractivity contribution in [1.82, 2.24) is 20.0 Å². The highest BCUT2D eigenvalue weighted by atomic mass is 79.9. The maximum Gasteiger partial charge on any atom is 0.274 e. The van der Waals surface area contributed by atoms with Crippen LogP contribution in [-0.4, -0.2) is 25.9 Å². The van der Waals surface area contributed by atoms with Gasteiger partial charge in [-0.25, -0.2) is 0 Å². The summed E-state index contributed by atoms with van der Waals surface area (Å²) in [5.41, 5.74) is 2.18. The highest BCUT2D eigenvalue weighted by Gasteiger charge is 2.13. The van der Waals surface area contributed by atoms with Gasteiger partial charge in [0.05, 0.1) is 29.1 Å². The first-order valence-corrected chi connectivity index (χ1v) is 8.49. The number of hydrogen-bond acceptors (Lipinski definition) is 3. The average molecular weight is 396 g/mol. The Kier molecular flexibility index (Phi) is 4.07. The molecule has 0 aliphatic rings. The lowest BCUT2D eigenvalue weighted by molar-refractivity contribution is 0.102. The molecule has 6 nitrogen and oxygen atoms in total. The molecule has 4 aromatic rings. The van der Waals surface area contributed by atoms with E-state index >= 15 is 0 Å². The SMILES string of the molecule is O=C(Nc1cnn(Cc2cccc3ccccc23)c1)c1[nH]ncc1Br. The molecule has 0 atom stereocenters. The number of benzene rings is 2. The lowest BCUT2D eigenvalue weighted by atomic mass is 10.0. The summed E-state index contributed by atoms with van der Waals surface area (Å²) >= 11 is 3.28. The van der Waals surface area contributed by atoms with E-state index in [0.717, 1.165) is 0 Å². The van der Waals surface area contributed by atoms with Crippen LogP contribution in [0.5, 0.6) is 0 Å². The number of nitrogens with zero attached hydrogens (tertiary/aromatic N) is 3. The molecule has 7 heteroatoms. The van der Waals surface area contributed by atoms with Crippen LogP contribution < -0.4 is 5.32 Å². The van der Waals surface area contributed by atoms with Gasteiger partial charge in [-0.2, -0.15) is 10.2 Å². The molecule has 0 unspecified atom stereocenters. The van der Waals surface area contributed by atoms with Crippen molar-refractivity contribution in [3.8, 4) is 0 Å². The van der Waals surface area contributed by atoms with Crippen molar-refractivity contribution < 1.29 is 4.79 Å². The minimum Gasteiger partial charge on any atom is -0.318 e. The number of aromatic amines is 1. The number of hydrogen-bond donors (Lipinski definition) is 2. The summed E-state index contributed by atoms with van der Waals surface area (Å²) in [5, 5.41) is 16.0. The van der Waals surface area contributed by atoms with Crippen LogP contribution in [0.1, 0.15) is 16.1 Å². The summed E-state index contributed by atoms with van der Waals surface area (Å²) in [7, 11) is 0. The minimum atomic E-state index is -0.269. The third kappa shape index (κ3) is 3.18. The van der Waals surface area contributed by atoms with Gasteiger partial charge in [-0.1, -0.05) is 42.5 Å². The summed E-state index contributed by atoms with van der Waals surface area (Å²) < 4.78 is 2.42. The lowest BCUT2D eigenvalue weighted by Crippen LogP contribution is -2.12. The minimum absolute atomic E-state index is 0.269. The summed E-state index contributed by atoms with van der Waals surface area (Å²) in [6.07, 6.45) is 4.98. The fourth-order valence-corrected chi connectivity index (χ4v) is 3.11. The lowest BCUT2D eigenvalue weighted by Gasteiger charge is -2.06. The maximum absolute atomic E-state index is 12.2. The molecule has 4 rings (SSSR count). The molecule has 25 heavy (non-hydrogen) atoms. The van der Waals surface area contributed by atoms with Gasteiger partial charge in [0.2, 0.25) is 0 Å². The van der Waals surface area contributed by atoms with E-state index in [0.29, 0.717) is 22.4 Å². The van der Waals surface area contributed by atoms with Crippen molar-refractivity contribution in [2.24, 2.45) is 0 Å². The number of aromatic nitrogens is 4. The molecule has 0 saturated heterocycles. The third-order valence-corrected chi connectivity index (χ3v) is 4.52. The Morgan fingerprint density at radius 2 is 2.00 bits per heavy atom. The zero-order valence-corrected chi connectivity index (χ0v) is 14.7. The molecule has 2 heterocycles. The summed E-state index contributed by atoms with van der Waals surface area (Å²) in [4.78, 5) is 12.2. The number of carbonyl (C=O) groups excluding carboxylic acids is 1. The normalized spacial score (nSPS) is 10.9. The molecule has 2 N–H and O–H groups in total. The van der Waals surface area contributed by atoms with Crippen LogP contribution in [-0.2, 0) is 6.54 Å². The van der Waals surface area contributed by atoms with Crippen LogP contribution in [0.3, 0.4) is 0 Å². The van der Waals surface area contributed by atoms with E-state index in [1.165, 1.54) is 16.3 Å². The van der Waals surface area contributed by atoms with Crippen molar-refractivity contribution in [1.29, 1.82) is 0 Å². The third-order valence-electron chi connectivity index (χ3n) is 3.92. The monoisotopic (exact) mass is 395 g/mol. The van der Waals surface area contributed by atoms with Gasteiger partial charge in [0.1, 0.15) is 5.69 Å². The Labute approximate surface area is 152 Å².